The van der Waals surface area contributed by atoms with Crippen molar-refractivity contribution in [2.75, 3.05) is 18.4 Å². The third-order valence-corrected chi connectivity index (χ3v) is 6.63. The Kier molecular flexibility index (Phi) is 7.09. The van der Waals surface area contributed by atoms with Crippen molar-refractivity contribution in [3.8, 4) is 5.75 Å². The molecule has 3 heterocycles. The largest absolute Gasteiger partial charge is 0.486 e. The summed E-state index contributed by atoms with van der Waals surface area (Å²) in [5.74, 6) is 1.51. The SMILES string of the molecule is C=CC(=O)N1CCCC(c2ccc3ncnc(Nc4ccc(OCc5ccccn5)c(Cl)c4)c3c2)C1. The van der Waals surface area contributed by atoms with Crippen LogP contribution in [0.25, 0.3) is 10.9 Å². The molecular formula is C28H26ClN5O2. The van der Waals surface area contributed by atoms with E-state index in [1.807, 2.05) is 47.4 Å². The molecule has 4 aromatic rings. The van der Waals surface area contributed by atoms with Crippen LogP contribution in [0.3, 0.4) is 0 Å². The van der Waals surface area contributed by atoms with Gasteiger partial charge in [-0.1, -0.05) is 30.3 Å². The van der Waals surface area contributed by atoms with Crippen LogP contribution in [0.2, 0.25) is 5.02 Å². The lowest BCUT2D eigenvalue weighted by Crippen LogP contribution is -2.38. The molecule has 1 saturated heterocycles. The van der Waals surface area contributed by atoms with Crippen molar-refractivity contribution in [2.45, 2.75) is 25.4 Å². The second-order valence-corrected chi connectivity index (χ2v) is 9.11. The van der Waals surface area contributed by atoms with Crippen molar-refractivity contribution in [3.63, 3.8) is 0 Å². The van der Waals surface area contributed by atoms with E-state index in [1.165, 1.54) is 11.6 Å². The second-order valence-electron chi connectivity index (χ2n) is 8.71. The third-order valence-electron chi connectivity index (χ3n) is 6.33. The minimum absolute atomic E-state index is 0.0180. The second kappa shape index (κ2) is 10.7. The monoisotopic (exact) mass is 499 g/mol. The van der Waals surface area contributed by atoms with Gasteiger partial charge in [-0.2, -0.15) is 0 Å². The quantitative estimate of drug-likeness (QED) is 0.319. The van der Waals surface area contributed by atoms with Crippen LogP contribution in [0.4, 0.5) is 11.5 Å². The van der Waals surface area contributed by atoms with Gasteiger partial charge in [-0.05, 0) is 66.9 Å². The van der Waals surface area contributed by atoms with Crippen molar-refractivity contribution in [3.05, 3.63) is 96.1 Å². The van der Waals surface area contributed by atoms with Crippen LogP contribution >= 0.6 is 11.6 Å². The van der Waals surface area contributed by atoms with Crippen LogP contribution in [0.1, 0.15) is 30.0 Å². The number of pyridine rings is 1. The molecular weight excluding hydrogens is 474 g/mol. The number of nitrogens with zero attached hydrogens (tertiary/aromatic N) is 4. The Morgan fingerprint density at radius 2 is 2.08 bits per heavy atom. The molecule has 1 aliphatic heterocycles. The molecule has 0 radical (unpaired) electrons. The fraction of sp³-hybridized carbons (Fsp3) is 0.214. The summed E-state index contributed by atoms with van der Waals surface area (Å²) in [6.07, 6.45) is 6.65. The Bertz CT molecular complexity index is 1400. The molecule has 0 spiro atoms. The van der Waals surface area contributed by atoms with E-state index >= 15 is 0 Å². The fourth-order valence-corrected chi connectivity index (χ4v) is 4.71. The number of carbonyl (C=O) groups is 1. The summed E-state index contributed by atoms with van der Waals surface area (Å²) < 4.78 is 5.83. The van der Waals surface area contributed by atoms with Gasteiger partial charge in [0.1, 0.15) is 24.5 Å². The Labute approximate surface area is 214 Å². The molecule has 8 heteroatoms. The molecule has 1 N–H and O–H groups in total. The molecule has 2 aromatic heterocycles. The van der Waals surface area contributed by atoms with Gasteiger partial charge >= 0.3 is 0 Å². The molecule has 0 saturated carbocycles. The zero-order valence-electron chi connectivity index (χ0n) is 19.7. The van der Waals surface area contributed by atoms with Crippen molar-refractivity contribution in [1.82, 2.24) is 19.9 Å². The highest BCUT2D eigenvalue weighted by Gasteiger charge is 2.24. The Balaban J connectivity index is 1.35. The Morgan fingerprint density at radius 1 is 1.17 bits per heavy atom. The zero-order valence-corrected chi connectivity index (χ0v) is 20.5. The number of halogens is 1. The number of carbonyl (C=O) groups excluding carboxylic acids is 1. The number of benzene rings is 2. The molecule has 5 rings (SSSR count). The van der Waals surface area contributed by atoms with Crippen LogP contribution in [-0.2, 0) is 11.4 Å². The normalized spacial score (nSPS) is 15.5. The molecule has 0 aliphatic carbocycles. The molecule has 1 aliphatic rings. The number of fused-ring (bicyclic) bond motifs is 1. The standard InChI is InChI=1S/C28H26ClN5O2/c1-2-27(35)34-13-5-6-20(16-34)19-8-10-25-23(14-19)28(32-18-31-25)33-21-9-11-26(24(29)15-21)36-17-22-7-3-4-12-30-22/h2-4,7-12,14-15,18,20H,1,5-6,13,16-17H2,(H,31,32,33). The smallest absolute Gasteiger partial charge is 0.245 e. The van der Waals surface area contributed by atoms with E-state index < -0.39 is 0 Å². The van der Waals surface area contributed by atoms with Gasteiger partial charge in [0.05, 0.1) is 16.2 Å². The van der Waals surface area contributed by atoms with E-state index in [0.717, 1.165) is 41.7 Å². The van der Waals surface area contributed by atoms with Crippen LogP contribution in [0.15, 0.2) is 79.8 Å². The van der Waals surface area contributed by atoms with Crippen molar-refractivity contribution in [1.29, 1.82) is 0 Å². The van der Waals surface area contributed by atoms with Crippen LogP contribution in [0.5, 0.6) is 5.75 Å². The molecule has 182 valence electrons. The van der Waals surface area contributed by atoms with E-state index in [2.05, 4.69) is 39.0 Å². The summed E-state index contributed by atoms with van der Waals surface area (Å²) in [5, 5.41) is 4.77. The summed E-state index contributed by atoms with van der Waals surface area (Å²) in [6, 6.07) is 17.5. The number of hydrogen-bond acceptors (Lipinski definition) is 6. The number of likely N-dealkylation sites (tertiary alicyclic amines) is 1. The minimum Gasteiger partial charge on any atom is -0.486 e. The predicted molar refractivity (Wildman–Crippen MR) is 142 cm³/mol. The first kappa shape index (κ1) is 23.8. The van der Waals surface area contributed by atoms with Crippen LogP contribution in [-0.4, -0.2) is 38.8 Å². The van der Waals surface area contributed by atoms with Gasteiger partial charge in [-0.15, -0.1) is 0 Å². The van der Waals surface area contributed by atoms with Gasteiger partial charge in [0.25, 0.3) is 0 Å². The Morgan fingerprint density at radius 3 is 2.89 bits per heavy atom. The van der Waals surface area contributed by atoms with Gasteiger partial charge in [0.15, 0.2) is 0 Å². The number of amides is 1. The maximum Gasteiger partial charge on any atom is 0.245 e. The number of rotatable bonds is 7. The number of aromatic nitrogens is 3. The summed E-state index contributed by atoms with van der Waals surface area (Å²) in [7, 11) is 0. The average Bonchev–Trinajstić information content (AvgIpc) is 2.93. The van der Waals surface area contributed by atoms with Crippen LogP contribution < -0.4 is 10.1 Å². The number of ether oxygens (including phenoxy) is 1. The maximum atomic E-state index is 12.1. The highest BCUT2D eigenvalue weighted by Crippen LogP contribution is 2.33. The van der Waals surface area contributed by atoms with E-state index in [0.29, 0.717) is 29.7 Å². The van der Waals surface area contributed by atoms with Crippen molar-refractivity contribution in [2.24, 2.45) is 0 Å². The number of hydrogen-bond donors (Lipinski definition) is 1. The lowest BCUT2D eigenvalue weighted by atomic mass is 9.90. The summed E-state index contributed by atoms with van der Waals surface area (Å²) >= 11 is 6.50. The van der Waals surface area contributed by atoms with E-state index in [4.69, 9.17) is 16.3 Å². The number of nitrogens with one attached hydrogen (secondary N) is 1. The lowest BCUT2D eigenvalue weighted by molar-refractivity contribution is -0.127. The number of piperidine rings is 1. The molecule has 1 fully saturated rings. The zero-order chi connectivity index (χ0) is 24.9. The van der Waals surface area contributed by atoms with E-state index in [1.54, 1.807) is 12.5 Å². The summed E-state index contributed by atoms with van der Waals surface area (Å²) in [5.41, 5.74) is 3.62. The van der Waals surface area contributed by atoms with E-state index in [9.17, 15) is 4.79 Å². The Hall–Kier alpha value is -3.97. The predicted octanol–water partition coefficient (Wildman–Crippen LogP) is 5.89. The van der Waals surface area contributed by atoms with Gasteiger partial charge in [-0.3, -0.25) is 9.78 Å². The number of anilines is 2. The first-order chi connectivity index (χ1) is 17.6. The first-order valence-corrected chi connectivity index (χ1v) is 12.2. The lowest BCUT2D eigenvalue weighted by Gasteiger charge is -2.32. The molecule has 1 atom stereocenters. The van der Waals surface area contributed by atoms with Crippen molar-refractivity contribution >= 4 is 39.9 Å². The van der Waals surface area contributed by atoms with Crippen LogP contribution in [0, 0.1) is 0 Å². The molecule has 36 heavy (non-hydrogen) atoms. The summed E-state index contributed by atoms with van der Waals surface area (Å²) in [6.45, 7) is 5.42. The molecule has 2 aromatic carbocycles. The first-order valence-electron chi connectivity index (χ1n) is 11.9. The topological polar surface area (TPSA) is 80.2 Å². The average molecular weight is 500 g/mol. The third kappa shape index (κ3) is 5.31. The van der Waals surface area contributed by atoms with E-state index in [-0.39, 0.29) is 11.8 Å². The van der Waals surface area contributed by atoms with Gasteiger partial charge < -0.3 is 15.0 Å². The molecule has 1 unspecified atom stereocenters. The van der Waals surface area contributed by atoms with Gasteiger partial charge in [0.2, 0.25) is 5.91 Å². The molecule has 0 bridgehead atoms. The highest BCUT2D eigenvalue weighted by atomic mass is 35.5. The van der Waals surface area contributed by atoms with Crippen molar-refractivity contribution < 1.29 is 9.53 Å². The van der Waals surface area contributed by atoms with Gasteiger partial charge in [-0.25, -0.2) is 9.97 Å². The molecule has 7 nitrogen and oxygen atoms in total. The summed E-state index contributed by atoms with van der Waals surface area (Å²) in [4.78, 5) is 27.2. The fourth-order valence-electron chi connectivity index (χ4n) is 4.47. The maximum absolute atomic E-state index is 12.1. The van der Waals surface area contributed by atoms with Gasteiger partial charge in [0, 0.05) is 36.3 Å². The minimum atomic E-state index is -0.0180. The molecule has 1 amide bonds. The highest BCUT2D eigenvalue weighted by molar-refractivity contribution is 6.32.